The molecule has 6 nitrogen and oxygen atoms in total. The molecule has 2 aromatic carbocycles. The van der Waals surface area contributed by atoms with Crippen molar-refractivity contribution in [3.05, 3.63) is 70.6 Å². The maximum atomic E-state index is 11.6. The summed E-state index contributed by atoms with van der Waals surface area (Å²) in [5.74, 6) is 0.834. The highest BCUT2D eigenvalue weighted by Crippen LogP contribution is 2.26. The summed E-state index contributed by atoms with van der Waals surface area (Å²) in [5.41, 5.74) is 2.45. The van der Waals surface area contributed by atoms with Crippen LogP contribution in [0.4, 0.5) is 0 Å². The van der Waals surface area contributed by atoms with E-state index < -0.39 is 0 Å². The van der Waals surface area contributed by atoms with Crippen molar-refractivity contribution in [3.8, 4) is 11.5 Å². The fourth-order valence-corrected chi connectivity index (χ4v) is 2.78. The fraction of sp³-hybridized carbons (Fsp3) is 0.211. The molecule has 0 aliphatic rings. The minimum absolute atomic E-state index is 0.0946. The molecule has 0 unspecified atom stereocenters. The van der Waals surface area contributed by atoms with Crippen molar-refractivity contribution < 1.29 is 9.21 Å². The Morgan fingerprint density at radius 1 is 1.12 bits per heavy atom. The molecule has 0 saturated carbocycles. The Hall–Kier alpha value is -2.70. The van der Waals surface area contributed by atoms with Gasteiger partial charge in [0.2, 0.25) is 11.8 Å². The lowest BCUT2D eigenvalue weighted by Crippen LogP contribution is -2.19. The minimum atomic E-state index is -0.0946. The van der Waals surface area contributed by atoms with Gasteiger partial charge in [0.05, 0.1) is 17.1 Å². The second-order valence-electron chi connectivity index (χ2n) is 5.93. The number of hydrogen-bond acceptors (Lipinski definition) is 5. The van der Waals surface area contributed by atoms with Crippen LogP contribution in [0.15, 0.2) is 52.9 Å². The molecule has 134 valence electrons. The summed E-state index contributed by atoms with van der Waals surface area (Å²) in [6.07, 6.45) is 0. The molecule has 0 fully saturated rings. The summed E-state index contributed by atoms with van der Waals surface area (Å²) >= 11 is 6.16. The molecule has 3 rings (SSSR count). The Morgan fingerprint density at radius 3 is 2.54 bits per heavy atom. The molecule has 1 amide bonds. The van der Waals surface area contributed by atoms with E-state index in [1.54, 1.807) is 13.1 Å². The van der Waals surface area contributed by atoms with Crippen molar-refractivity contribution in [2.45, 2.75) is 13.1 Å². The van der Waals surface area contributed by atoms with E-state index in [-0.39, 0.29) is 5.91 Å². The third-order valence-corrected chi connectivity index (χ3v) is 4.20. The predicted octanol–water partition coefficient (Wildman–Crippen LogP) is 3.38. The number of aromatic nitrogens is 2. The lowest BCUT2D eigenvalue weighted by Gasteiger charge is -2.14. The number of halogens is 1. The Bertz CT molecular complexity index is 893. The summed E-state index contributed by atoms with van der Waals surface area (Å²) in [6, 6.07) is 14.8. The van der Waals surface area contributed by atoms with E-state index in [1.165, 1.54) is 0 Å². The topological polar surface area (TPSA) is 71.3 Å². The van der Waals surface area contributed by atoms with Crippen LogP contribution in [0.3, 0.4) is 0 Å². The number of carbonyl (C=O) groups is 1. The van der Waals surface area contributed by atoms with E-state index in [9.17, 15) is 4.79 Å². The van der Waals surface area contributed by atoms with Crippen molar-refractivity contribution in [2.24, 2.45) is 0 Å². The third-order valence-electron chi connectivity index (χ3n) is 3.87. The summed E-state index contributed by atoms with van der Waals surface area (Å²) in [6.45, 7) is 1.20. The molecular formula is C19H19ClN4O2. The SMILES string of the molecule is CNC(=O)c1ccc(CN(C)Cc2nnc(-c3ccccc3Cl)o2)cc1. The van der Waals surface area contributed by atoms with E-state index in [1.807, 2.05) is 49.5 Å². The predicted molar refractivity (Wildman–Crippen MR) is 99.7 cm³/mol. The third kappa shape index (κ3) is 4.28. The average molecular weight is 371 g/mol. The summed E-state index contributed by atoms with van der Waals surface area (Å²) < 4.78 is 5.72. The number of nitrogens with zero attached hydrogens (tertiary/aromatic N) is 3. The molecule has 0 spiro atoms. The highest BCUT2D eigenvalue weighted by Gasteiger charge is 2.13. The molecule has 0 saturated heterocycles. The van der Waals surface area contributed by atoms with Gasteiger partial charge in [0, 0.05) is 19.2 Å². The quantitative estimate of drug-likeness (QED) is 0.720. The van der Waals surface area contributed by atoms with Crippen LogP contribution in [-0.4, -0.2) is 35.1 Å². The molecule has 0 aliphatic carbocycles. The van der Waals surface area contributed by atoms with Gasteiger partial charge in [0.25, 0.3) is 5.91 Å². The number of carbonyl (C=O) groups excluding carboxylic acids is 1. The Morgan fingerprint density at radius 2 is 1.85 bits per heavy atom. The normalized spacial score (nSPS) is 10.9. The van der Waals surface area contributed by atoms with Crippen molar-refractivity contribution in [1.29, 1.82) is 0 Å². The van der Waals surface area contributed by atoms with Crippen LogP contribution in [0.25, 0.3) is 11.5 Å². The van der Waals surface area contributed by atoms with Crippen molar-refractivity contribution in [1.82, 2.24) is 20.4 Å². The Kier molecular flexibility index (Phi) is 5.65. The molecule has 0 aliphatic heterocycles. The van der Waals surface area contributed by atoms with Crippen LogP contribution in [-0.2, 0) is 13.1 Å². The second kappa shape index (κ2) is 8.12. The molecule has 0 bridgehead atoms. The fourth-order valence-electron chi connectivity index (χ4n) is 2.57. The lowest BCUT2D eigenvalue weighted by molar-refractivity contribution is 0.0963. The van der Waals surface area contributed by atoms with Crippen molar-refractivity contribution >= 4 is 17.5 Å². The molecule has 3 aromatic rings. The van der Waals surface area contributed by atoms with Gasteiger partial charge in [-0.15, -0.1) is 10.2 Å². The Balaban J connectivity index is 1.63. The van der Waals surface area contributed by atoms with Crippen LogP contribution in [0, 0.1) is 0 Å². The number of amides is 1. The summed E-state index contributed by atoms with van der Waals surface area (Å²) in [7, 11) is 3.58. The smallest absolute Gasteiger partial charge is 0.251 e. The van der Waals surface area contributed by atoms with E-state index in [0.717, 1.165) is 11.1 Å². The van der Waals surface area contributed by atoms with Crippen molar-refractivity contribution in [3.63, 3.8) is 0 Å². The average Bonchev–Trinajstić information content (AvgIpc) is 3.10. The van der Waals surface area contributed by atoms with E-state index in [2.05, 4.69) is 20.4 Å². The molecule has 26 heavy (non-hydrogen) atoms. The number of hydrogen-bond donors (Lipinski definition) is 1. The first kappa shape index (κ1) is 18.1. The summed E-state index contributed by atoms with van der Waals surface area (Å²) in [4.78, 5) is 13.6. The first-order valence-electron chi connectivity index (χ1n) is 8.13. The van der Waals surface area contributed by atoms with Crippen LogP contribution in [0.5, 0.6) is 0 Å². The maximum Gasteiger partial charge on any atom is 0.251 e. The Labute approximate surface area is 156 Å². The number of rotatable bonds is 6. The van der Waals surface area contributed by atoms with Gasteiger partial charge in [-0.3, -0.25) is 9.69 Å². The molecule has 7 heteroatoms. The zero-order valence-corrected chi connectivity index (χ0v) is 15.3. The zero-order valence-electron chi connectivity index (χ0n) is 14.6. The molecule has 1 aromatic heterocycles. The number of nitrogens with one attached hydrogen (secondary N) is 1. The van der Waals surface area contributed by atoms with Gasteiger partial charge in [-0.05, 0) is 36.9 Å². The van der Waals surface area contributed by atoms with Crippen LogP contribution in [0.2, 0.25) is 5.02 Å². The van der Waals surface area contributed by atoms with Gasteiger partial charge >= 0.3 is 0 Å². The zero-order chi connectivity index (χ0) is 18.5. The van der Waals surface area contributed by atoms with Crippen LogP contribution >= 0.6 is 11.6 Å². The van der Waals surface area contributed by atoms with Gasteiger partial charge in [0.1, 0.15) is 0 Å². The van der Waals surface area contributed by atoms with E-state index in [0.29, 0.717) is 35.5 Å². The second-order valence-corrected chi connectivity index (χ2v) is 6.34. The monoisotopic (exact) mass is 370 g/mol. The van der Waals surface area contributed by atoms with E-state index >= 15 is 0 Å². The molecular weight excluding hydrogens is 352 g/mol. The van der Waals surface area contributed by atoms with Crippen LogP contribution in [0.1, 0.15) is 21.8 Å². The first-order valence-corrected chi connectivity index (χ1v) is 8.51. The van der Waals surface area contributed by atoms with Crippen molar-refractivity contribution in [2.75, 3.05) is 14.1 Å². The standard InChI is InChI=1S/C19H19ClN4O2/c1-21-18(25)14-9-7-13(8-10-14)11-24(2)12-17-22-23-19(26-17)15-5-3-4-6-16(15)20/h3-10H,11-12H2,1-2H3,(H,21,25). The minimum Gasteiger partial charge on any atom is -0.419 e. The van der Waals surface area contributed by atoms with Gasteiger partial charge in [-0.2, -0.15) is 0 Å². The van der Waals surface area contributed by atoms with Crippen LogP contribution < -0.4 is 5.32 Å². The molecule has 1 heterocycles. The first-order chi connectivity index (χ1) is 12.6. The molecule has 1 N–H and O–H groups in total. The largest absolute Gasteiger partial charge is 0.419 e. The van der Waals surface area contributed by atoms with Gasteiger partial charge in [0.15, 0.2) is 0 Å². The van der Waals surface area contributed by atoms with Gasteiger partial charge in [-0.1, -0.05) is 35.9 Å². The number of benzene rings is 2. The highest BCUT2D eigenvalue weighted by molar-refractivity contribution is 6.33. The van der Waals surface area contributed by atoms with Gasteiger partial charge in [-0.25, -0.2) is 0 Å². The maximum absolute atomic E-state index is 11.6. The molecule has 0 atom stereocenters. The summed E-state index contributed by atoms with van der Waals surface area (Å²) in [5, 5.41) is 11.4. The van der Waals surface area contributed by atoms with E-state index in [4.69, 9.17) is 16.0 Å². The highest BCUT2D eigenvalue weighted by atomic mass is 35.5. The lowest BCUT2D eigenvalue weighted by atomic mass is 10.1. The molecule has 0 radical (unpaired) electrons. The van der Waals surface area contributed by atoms with Gasteiger partial charge < -0.3 is 9.73 Å².